The first kappa shape index (κ1) is 66.5. The lowest BCUT2D eigenvalue weighted by Gasteiger charge is -2.05. The number of rotatable bonds is 1. The normalized spacial score (nSPS) is 22.4. The summed E-state index contributed by atoms with van der Waals surface area (Å²) in [4.78, 5) is 10.0. The molecular weight excluding hydrogens is 813 g/mol. The van der Waals surface area contributed by atoms with Crippen molar-refractivity contribution in [1.82, 2.24) is 0 Å². The summed E-state index contributed by atoms with van der Waals surface area (Å²) in [6, 6.07) is 0. The predicted molar refractivity (Wildman–Crippen MR) is 304 cm³/mol. The van der Waals surface area contributed by atoms with Gasteiger partial charge in [-0.1, -0.05) is 385 Å². The smallest absolute Gasteiger partial charge is 0.302 e. The zero-order chi connectivity index (χ0) is 48.3. The van der Waals surface area contributed by atoms with Crippen LogP contribution in [-0.2, 0) is 9.53 Å². The van der Waals surface area contributed by atoms with Crippen LogP contribution in [0.2, 0.25) is 0 Å². The Balaban J connectivity index is 0.000000715. The Morgan fingerprint density at radius 2 is 0.254 bits per heavy atom. The second-order valence-electron chi connectivity index (χ2n) is 22.9. The van der Waals surface area contributed by atoms with Gasteiger partial charge in [0, 0.05) is 6.92 Å². The van der Waals surface area contributed by atoms with Gasteiger partial charge in [0.2, 0.25) is 0 Å². The Bertz CT molecular complexity index is 511. The average Bonchev–Trinajstić information content (AvgIpc) is 3.45. The summed E-state index contributed by atoms with van der Waals surface area (Å²) < 4.78 is 4.61. The molecule has 10 aliphatic carbocycles. The maximum absolute atomic E-state index is 10.0. The molecule has 10 fully saturated rings. The van der Waals surface area contributed by atoms with Gasteiger partial charge in [0.1, 0.15) is 0 Å². The van der Waals surface area contributed by atoms with E-state index in [9.17, 15) is 4.79 Å². The Labute approximate surface area is 425 Å². The Morgan fingerprint density at radius 1 is 0.194 bits per heavy atom. The van der Waals surface area contributed by atoms with Gasteiger partial charge in [0.05, 0.1) is 6.10 Å². The highest BCUT2D eigenvalue weighted by atomic mass is 16.5. The van der Waals surface area contributed by atoms with Crippen molar-refractivity contribution in [2.45, 2.75) is 412 Å². The van der Waals surface area contributed by atoms with Crippen LogP contribution in [0.1, 0.15) is 406 Å². The zero-order valence-corrected chi connectivity index (χ0v) is 47.3. The first-order valence-corrected chi connectivity index (χ1v) is 32.3. The van der Waals surface area contributed by atoms with Crippen molar-refractivity contribution in [2.75, 3.05) is 0 Å². The predicted octanol–water partition coefficient (Wildman–Crippen LogP) is 24.4. The summed E-state index contributed by atoms with van der Waals surface area (Å²) >= 11 is 0. The van der Waals surface area contributed by atoms with Crippen LogP contribution >= 0.6 is 0 Å². The van der Waals surface area contributed by atoms with E-state index in [1.807, 2.05) is 13.8 Å². The van der Waals surface area contributed by atoms with Gasteiger partial charge in [-0.25, -0.2) is 0 Å². The molecule has 0 saturated heterocycles. The van der Waals surface area contributed by atoms with E-state index in [1.165, 1.54) is 392 Å². The molecule has 0 amide bonds. The molecular formula is C65H130O2. The summed E-state index contributed by atoms with van der Waals surface area (Å²) in [6.45, 7) is 5.04. The van der Waals surface area contributed by atoms with E-state index >= 15 is 0 Å². The van der Waals surface area contributed by atoms with Crippen LogP contribution < -0.4 is 0 Å². The molecule has 0 atom stereocenters. The third kappa shape index (κ3) is 65.5. The molecule has 0 N–H and O–H groups in total. The van der Waals surface area contributed by atoms with Gasteiger partial charge in [-0.15, -0.1) is 0 Å². The molecule has 0 heterocycles. The summed E-state index contributed by atoms with van der Waals surface area (Å²) in [5, 5.41) is 0. The van der Waals surface area contributed by atoms with Crippen LogP contribution in [-0.4, -0.2) is 12.1 Å². The average molecular weight is 944 g/mol. The minimum atomic E-state index is -0.213. The second kappa shape index (κ2) is 61.6. The summed E-state index contributed by atoms with van der Waals surface area (Å²) in [6.07, 6.45) is 90.0. The standard InChI is InChI=1S/10C6H12.C5H10O2/c10*1-2-4-6-5-3-1;1-4(2)7-5(3)6/h10*1-6H2;4H,1-3H3. The lowest BCUT2D eigenvalue weighted by atomic mass is 10.0. The molecule has 67 heavy (non-hydrogen) atoms. The van der Waals surface area contributed by atoms with E-state index in [0.29, 0.717) is 0 Å². The van der Waals surface area contributed by atoms with Crippen molar-refractivity contribution < 1.29 is 9.53 Å². The Morgan fingerprint density at radius 3 is 0.269 bits per heavy atom. The maximum Gasteiger partial charge on any atom is 0.302 e. The van der Waals surface area contributed by atoms with Crippen LogP contribution in [0.5, 0.6) is 0 Å². The molecule has 402 valence electrons. The number of hydrogen-bond donors (Lipinski definition) is 0. The van der Waals surface area contributed by atoms with Crippen LogP contribution in [0.25, 0.3) is 0 Å². The lowest BCUT2D eigenvalue weighted by molar-refractivity contribution is -0.144. The monoisotopic (exact) mass is 943 g/mol. The molecule has 0 bridgehead atoms. The first-order valence-electron chi connectivity index (χ1n) is 32.3. The van der Waals surface area contributed by atoms with Crippen molar-refractivity contribution >= 4 is 5.97 Å². The Hall–Kier alpha value is -0.530. The molecule has 0 spiro atoms. The fourth-order valence-electron chi connectivity index (χ4n) is 10.9. The largest absolute Gasteiger partial charge is 0.463 e. The van der Waals surface area contributed by atoms with Crippen LogP contribution in [0.4, 0.5) is 0 Å². The van der Waals surface area contributed by atoms with E-state index in [4.69, 9.17) is 0 Å². The molecule has 0 aromatic rings. The zero-order valence-electron chi connectivity index (χ0n) is 47.3. The van der Waals surface area contributed by atoms with Crippen molar-refractivity contribution in [3.8, 4) is 0 Å². The number of carbonyl (C=O) groups excluding carboxylic acids is 1. The fourth-order valence-corrected chi connectivity index (χ4v) is 10.9. The summed E-state index contributed by atoms with van der Waals surface area (Å²) in [7, 11) is 0. The van der Waals surface area contributed by atoms with Gasteiger partial charge >= 0.3 is 5.97 Å². The number of esters is 1. The molecule has 0 aromatic heterocycles. The lowest BCUT2D eigenvalue weighted by Crippen LogP contribution is -2.06. The van der Waals surface area contributed by atoms with E-state index < -0.39 is 0 Å². The van der Waals surface area contributed by atoms with Gasteiger partial charge in [-0.05, 0) is 13.8 Å². The summed E-state index contributed by atoms with van der Waals surface area (Å²) in [5.74, 6) is -0.213. The third-order valence-electron chi connectivity index (χ3n) is 15.4. The third-order valence-corrected chi connectivity index (χ3v) is 15.4. The van der Waals surface area contributed by atoms with Crippen molar-refractivity contribution in [1.29, 1.82) is 0 Å². The van der Waals surface area contributed by atoms with Crippen LogP contribution in [0, 0.1) is 0 Å². The highest BCUT2D eigenvalue weighted by Gasteiger charge is 2.01. The molecule has 10 aliphatic rings. The van der Waals surface area contributed by atoms with Gasteiger partial charge in [0.15, 0.2) is 0 Å². The van der Waals surface area contributed by atoms with E-state index in [2.05, 4.69) is 4.74 Å². The van der Waals surface area contributed by atoms with Crippen LogP contribution in [0.15, 0.2) is 0 Å². The molecule has 10 rings (SSSR count). The molecule has 0 aliphatic heterocycles. The van der Waals surface area contributed by atoms with E-state index in [1.54, 1.807) is 0 Å². The van der Waals surface area contributed by atoms with Crippen molar-refractivity contribution in [3.63, 3.8) is 0 Å². The molecule has 0 aromatic carbocycles. The molecule has 2 heteroatoms. The minimum absolute atomic E-state index is 0.0255. The van der Waals surface area contributed by atoms with Crippen molar-refractivity contribution in [2.24, 2.45) is 0 Å². The van der Waals surface area contributed by atoms with Gasteiger partial charge < -0.3 is 4.74 Å². The molecule has 2 nitrogen and oxygen atoms in total. The maximum atomic E-state index is 10.0. The molecule has 0 radical (unpaired) electrons. The van der Waals surface area contributed by atoms with Gasteiger partial charge in [-0.3, -0.25) is 4.79 Å². The minimum Gasteiger partial charge on any atom is -0.463 e. The highest BCUT2D eigenvalue weighted by Crippen LogP contribution is 2.20. The van der Waals surface area contributed by atoms with E-state index in [0.717, 1.165) is 0 Å². The first-order chi connectivity index (χ1) is 33.1. The number of ether oxygens (including phenoxy) is 1. The van der Waals surface area contributed by atoms with Gasteiger partial charge in [0.25, 0.3) is 0 Å². The second-order valence-corrected chi connectivity index (χ2v) is 22.9. The number of hydrogen-bond acceptors (Lipinski definition) is 2. The summed E-state index contributed by atoms with van der Waals surface area (Å²) in [5.41, 5.74) is 0. The SMILES string of the molecule is C1CCCCC1.C1CCCCC1.C1CCCCC1.C1CCCCC1.C1CCCCC1.C1CCCCC1.C1CCCCC1.C1CCCCC1.C1CCCCC1.C1CCCCC1.CC(=O)OC(C)C. The van der Waals surface area contributed by atoms with E-state index in [-0.39, 0.29) is 12.1 Å². The topological polar surface area (TPSA) is 26.3 Å². The van der Waals surface area contributed by atoms with Crippen molar-refractivity contribution in [3.05, 3.63) is 0 Å². The quantitative estimate of drug-likeness (QED) is 0.245. The highest BCUT2D eigenvalue weighted by molar-refractivity contribution is 5.66. The fraction of sp³-hybridized carbons (Fsp3) is 0.985. The number of carbonyl (C=O) groups is 1. The molecule has 10 saturated carbocycles. The Kier molecular flexibility index (Phi) is 61.1. The molecule has 0 unspecified atom stereocenters. The van der Waals surface area contributed by atoms with Crippen LogP contribution in [0.3, 0.4) is 0 Å². The van der Waals surface area contributed by atoms with Gasteiger partial charge in [-0.2, -0.15) is 0 Å².